The average molecular weight is 435 g/mol. The molecule has 0 fully saturated rings. The molecular weight excluding hydrogens is 400 g/mol. The van der Waals surface area contributed by atoms with Gasteiger partial charge in [0.1, 0.15) is 0 Å². The van der Waals surface area contributed by atoms with Gasteiger partial charge >= 0.3 is 0 Å². The van der Waals surface area contributed by atoms with Crippen molar-refractivity contribution in [1.29, 1.82) is 0 Å². The van der Waals surface area contributed by atoms with Crippen LogP contribution in [0.5, 0.6) is 0 Å². The Hall–Kier alpha value is -2.93. The molecule has 0 unspecified atom stereocenters. The Morgan fingerprint density at radius 1 is 1.22 bits per heavy atom. The molecule has 1 aliphatic heterocycles. The maximum atomic E-state index is 11.9. The molecule has 170 valence electrons. The van der Waals surface area contributed by atoms with Crippen LogP contribution in [0.2, 0.25) is 0 Å². The first-order chi connectivity index (χ1) is 15.6. The lowest BCUT2D eigenvalue weighted by atomic mass is 9.95. The highest BCUT2D eigenvalue weighted by Gasteiger charge is 2.16. The predicted molar refractivity (Wildman–Crippen MR) is 130 cm³/mol. The van der Waals surface area contributed by atoms with Gasteiger partial charge in [-0.1, -0.05) is 57.5 Å². The third-order valence-electron chi connectivity index (χ3n) is 6.51. The minimum absolute atomic E-state index is 0.183. The molecule has 2 aromatic heterocycles. The van der Waals surface area contributed by atoms with E-state index in [0.717, 1.165) is 63.9 Å². The van der Waals surface area contributed by atoms with Crippen molar-refractivity contribution in [1.82, 2.24) is 24.5 Å². The second kappa shape index (κ2) is 10.1. The molecular formula is C25H34N6O. The molecule has 7 heteroatoms. The van der Waals surface area contributed by atoms with E-state index in [9.17, 15) is 4.79 Å². The first-order valence-corrected chi connectivity index (χ1v) is 11.8. The highest BCUT2D eigenvalue weighted by molar-refractivity contribution is 5.60. The molecule has 0 saturated heterocycles. The van der Waals surface area contributed by atoms with Gasteiger partial charge in [-0.3, -0.25) is 14.8 Å². The van der Waals surface area contributed by atoms with Crippen molar-refractivity contribution in [2.45, 2.75) is 52.5 Å². The van der Waals surface area contributed by atoms with Crippen LogP contribution in [0.25, 0.3) is 11.2 Å². The fourth-order valence-corrected chi connectivity index (χ4v) is 4.45. The highest BCUT2D eigenvalue weighted by atomic mass is 16.1. The monoisotopic (exact) mass is 434 g/mol. The fraction of sp³-hybridized carbons (Fsp3) is 0.480. The van der Waals surface area contributed by atoms with Crippen molar-refractivity contribution >= 4 is 17.2 Å². The summed E-state index contributed by atoms with van der Waals surface area (Å²) in [6.45, 7) is 12.5. The highest BCUT2D eigenvalue weighted by Crippen LogP contribution is 2.24. The van der Waals surface area contributed by atoms with E-state index in [-0.39, 0.29) is 5.56 Å². The maximum Gasteiger partial charge on any atom is 0.266 e. The van der Waals surface area contributed by atoms with Crippen molar-refractivity contribution in [2.75, 3.05) is 25.0 Å². The summed E-state index contributed by atoms with van der Waals surface area (Å²) in [7, 11) is 0. The van der Waals surface area contributed by atoms with Crippen LogP contribution >= 0.6 is 0 Å². The Morgan fingerprint density at radius 2 is 2.00 bits per heavy atom. The standard InChI is InChI=1S/C25H34N6O/c1-4-19(5-2)15-18(3)24-27-22-16-23(32)29-31(22)25(28-24)26-12-8-13-30-14-11-20-9-6-7-10-21(20)17-30/h6-7,9-10,16,19H,3-5,8,11-15,17H2,1-2H3,(H,29,32)(H,26,27,28). The SMILES string of the molecule is C=C(CC(CC)CC)c1nc(NCCCN2CCc3ccccc3C2)n2[nH]c(=O)cc2n1. The molecule has 0 radical (unpaired) electrons. The number of aromatic nitrogens is 4. The molecule has 0 atom stereocenters. The molecule has 0 aliphatic carbocycles. The first kappa shape index (κ1) is 22.3. The summed E-state index contributed by atoms with van der Waals surface area (Å²) in [5.41, 5.74) is 4.22. The van der Waals surface area contributed by atoms with Gasteiger partial charge in [-0.05, 0) is 41.9 Å². The summed E-state index contributed by atoms with van der Waals surface area (Å²) in [6, 6.07) is 10.2. The van der Waals surface area contributed by atoms with Gasteiger partial charge in [-0.15, -0.1) is 0 Å². The summed E-state index contributed by atoms with van der Waals surface area (Å²) in [6.07, 6.45) is 5.18. The van der Waals surface area contributed by atoms with Gasteiger partial charge < -0.3 is 5.32 Å². The molecule has 32 heavy (non-hydrogen) atoms. The van der Waals surface area contributed by atoms with E-state index in [2.05, 4.69) is 65.0 Å². The van der Waals surface area contributed by atoms with Gasteiger partial charge in [0.25, 0.3) is 5.56 Å². The molecule has 4 rings (SSSR count). The smallest absolute Gasteiger partial charge is 0.266 e. The van der Waals surface area contributed by atoms with Crippen molar-refractivity contribution in [3.05, 3.63) is 64.2 Å². The minimum atomic E-state index is -0.183. The minimum Gasteiger partial charge on any atom is -0.354 e. The van der Waals surface area contributed by atoms with Crippen LogP contribution < -0.4 is 10.9 Å². The van der Waals surface area contributed by atoms with Crippen molar-refractivity contribution in [3.8, 4) is 0 Å². The molecule has 3 aromatic rings. The number of anilines is 1. The van der Waals surface area contributed by atoms with E-state index in [0.29, 0.717) is 23.3 Å². The van der Waals surface area contributed by atoms with E-state index in [4.69, 9.17) is 4.98 Å². The molecule has 0 bridgehead atoms. The van der Waals surface area contributed by atoms with Gasteiger partial charge in [0.15, 0.2) is 11.5 Å². The Balaban J connectivity index is 1.40. The van der Waals surface area contributed by atoms with Gasteiger partial charge in [-0.25, -0.2) is 9.50 Å². The van der Waals surface area contributed by atoms with E-state index >= 15 is 0 Å². The summed E-state index contributed by atoms with van der Waals surface area (Å²) < 4.78 is 1.63. The molecule has 3 heterocycles. The lowest BCUT2D eigenvalue weighted by Gasteiger charge is -2.28. The number of allylic oxidation sites excluding steroid dienone is 1. The number of nitrogens with one attached hydrogen (secondary N) is 2. The lowest BCUT2D eigenvalue weighted by molar-refractivity contribution is 0.253. The predicted octanol–water partition coefficient (Wildman–Crippen LogP) is 4.12. The Bertz CT molecular complexity index is 1130. The number of benzene rings is 1. The van der Waals surface area contributed by atoms with Gasteiger partial charge in [0, 0.05) is 32.2 Å². The lowest BCUT2D eigenvalue weighted by Crippen LogP contribution is -2.32. The normalized spacial score (nSPS) is 14.1. The van der Waals surface area contributed by atoms with Crippen molar-refractivity contribution in [2.24, 2.45) is 5.92 Å². The van der Waals surface area contributed by atoms with Crippen LogP contribution in [0.4, 0.5) is 5.95 Å². The number of rotatable bonds is 10. The van der Waals surface area contributed by atoms with Crippen LogP contribution in [0.3, 0.4) is 0 Å². The number of H-pyrrole nitrogens is 1. The first-order valence-electron chi connectivity index (χ1n) is 11.8. The fourth-order valence-electron chi connectivity index (χ4n) is 4.45. The van der Waals surface area contributed by atoms with Crippen LogP contribution in [0.15, 0.2) is 41.7 Å². The second-order valence-corrected chi connectivity index (χ2v) is 8.75. The van der Waals surface area contributed by atoms with Gasteiger partial charge in [-0.2, -0.15) is 4.98 Å². The molecule has 7 nitrogen and oxygen atoms in total. The van der Waals surface area contributed by atoms with E-state index in [1.165, 1.54) is 17.2 Å². The zero-order chi connectivity index (χ0) is 22.5. The van der Waals surface area contributed by atoms with E-state index in [1.807, 2.05) is 0 Å². The Morgan fingerprint density at radius 3 is 2.78 bits per heavy atom. The molecule has 0 amide bonds. The van der Waals surface area contributed by atoms with E-state index in [1.54, 1.807) is 4.52 Å². The van der Waals surface area contributed by atoms with Gasteiger partial charge in [0.05, 0.1) is 0 Å². The van der Waals surface area contributed by atoms with Crippen molar-refractivity contribution in [3.63, 3.8) is 0 Å². The molecule has 0 spiro atoms. The molecule has 0 saturated carbocycles. The Kier molecular flexibility index (Phi) is 7.05. The van der Waals surface area contributed by atoms with E-state index < -0.39 is 0 Å². The van der Waals surface area contributed by atoms with Gasteiger partial charge in [0.2, 0.25) is 5.95 Å². The number of aromatic amines is 1. The summed E-state index contributed by atoms with van der Waals surface area (Å²) in [5, 5.41) is 6.20. The zero-order valence-electron chi connectivity index (χ0n) is 19.2. The number of hydrogen-bond acceptors (Lipinski definition) is 5. The van der Waals surface area contributed by atoms with Crippen LogP contribution in [0.1, 0.15) is 56.5 Å². The number of nitrogens with zero attached hydrogens (tertiary/aromatic N) is 4. The number of fused-ring (bicyclic) bond motifs is 2. The largest absolute Gasteiger partial charge is 0.354 e. The Labute approximate surface area is 189 Å². The topological polar surface area (TPSA) is 78.3 Å². The van der Waals surface area contributed by atoms with Crippen LogP contribution in [-0.4, -0.2) is 44.1 Å². The second-order valence-electron chi connectivity index (χ2n) is 8.75. The maximum absolute atomic E-state index is 11.9. The van der Waals surface area contributed by atoms with Crippen LogP contribution in [-0.2, 0) is 13.0 Å². The van der Waals surface area contributed by atoms with Crippen LogP contribution in [0, 0.1) is 5.92 Å². The summed E-state index contributed by atoms with van der Waals surface area (Å²) in [4.78, 5) is 23.7. The quantitative estimate of drug-likeness (QED) is 0.470. The average Bonchev–Trinajstić information content (AvgIpc) is 3.20. The molecule has 2 N–H and O–H groups in total. The zero-order valence-corrected chi connectivity index (χ0v) is 19.2. The van der Waals surface area contributed by atoms with Crippen molar-refractivity contribution < 1.29 is 0 Å². The number of hydrogen-bond donors (Lipinski definition) is 2. The summed E-state index contributed by atoms with van der Waals surface area (Å²) >= 11 is 0. The molecule has 1 aromatic carbocycles. The molecule has 1 aliphatic rings. The third kappa shape index (κ3) is 5.10. The third-order valence-corrected chi connectivity index (χ3v) is 6.51. The summed E-state index contributed by atoms with van der Waals surface area (Å²) in [5.74, 6) is 1.80.